The van der Waals surface area contributed by atoms with Gasteiger partial charge in [0.15, 0.2) is 0 Å². The zero-order chi connectivity index (χ0) is 21.1. The summed E-state index contributed by atoms with van der Waals surface area (Å²) in [4.78, 5) is 17.7. The van der Waals surface area contributed by atoms with Gasteiger partial charge in [-0.2, -0.15) is 5.10 Å². The molecule has 2 aromatic rings. The maximum absolute atomic E-state index is 13.4. The van der Waals surface area contributed by atoms with Gasteiger partial charge in [0.05, 0.1) is 18.3 Å². The second-order valence-electron chi connectivity index (χ2n) is 7.77. The minimum Gasteiger partial charge on any atom is -0.301 e. The van der Waals surface area contributed by atoms with E-state index in [1.54, 1.807) is 24.3 Å². The molecule has 2 aliphatic heterocycles. The molecule has 0 aliphatic carbocycles. The number of rotatable bonds is 5. The molecule has 0 saturated carbocycles. The fourth-order valence-electron chi connectivity index (χ4n) is 4.03. The minimum absolute atomic E-state index is 0.0774. The van der Waals surface area contributed by atoms with E-state index in [2.05, 4.69) is 21.8 Å². The SMILES string of the molecule is CCN1CCN(CC(=O)N2N=C(c3ccc(F)cc3)C[C@H]2c2ccc(F)cc2)CC1. The van der Waals surface area contributed by atoms with Gasteiger partial charge in [-0.15, -0.1) is 0 Å². The standard InChI is InChI=1S/C23H26F2N4O/c1-2-27-11-13-28(14-12-27)16-23(30)29-22(18-5-9-20(25)10-6-18)15-21(26-29)17-3-7-19(24)8-4-17/h3-10,22H,2,11-16H2,1H3/t22-/m0/s1. The smallest absolute Gasteiger partial charge is 0.257 e. The second-order valence-corrected chi connectivity index (χ2v) is 7.77. The zero-order valence-corrected chi connectivity index (χ0v) is 17.1. The molecule has 1 amide bonds. The van der Waals surface area contributed by atoms with E-state index >= 15 is 0 Å². The van der Waals surface area contributed by atoms with E-state index < -0.39 is 0 Å². The first kappa shape index (κ1) is 20.6. The van der Waals surface area contributed by atoms with Crippen molar-refractivity contribution >= 4 is 11.6 Å². The summed E-state index contributed by atoms with van der Waals surface area (Å²) in [6, 6.07) is 12.0. The normalized spacial score (nSPS) is 20.4. The highest BCUT2D eigenvalue weighted by atomic mass is 19.1. The lowest BCUT2D eigenvalue weighted by molar-refractivity contribution is -0.134. The maximum atomic E-state index is 13.4. The summed E-state index contributed by atoms with van der Waals surface area (Å²) < 4.78 is 26.7. The van der Waals surface area contributed by atoms with Gasteiger partial charge in [-0.25, -0.2) is 13.8 Å². The fraction of sp³-hybridized carbons (Fsp3) is 0.391. The van der Waals surface area contributed by atoms with E-state index in [1.807, 2.05) is 0 Å². The summed E-state index contributed by atoms with van der Waals surface area (Å²) in [6.07, 6.45) is 0.507. The minimum atomic E-state index is -0.317. The first-order valence-corrected chi connectivity index (χ1v) is 10.4. The van der Waals surface area contributed by atoms with Crippen LogP contribution in [0.5, 0.6) is 0 Å². The van der Waals surface area contributed by atoms with Crippen molar-refractivity contribution < 1.29 is 13.6 Å². The van der Waals surface area contributed by atoms with Gasteiger partial charge in [0, 0.05) is 32.6 Å². The van der Waals surface area contributed by atoms with Crippen LogP contribution in [0.15, 0.2) is 53.6 Å². The summed E-state index contributed by atoms with van der Waals surface area (Å²) >= 11 is 0. The largest absolute Gasteiger partial charge is 0.301 e. The van der Waals surface area contributed by atoms with Crippen molar-refractivity contribution in [2.75, 3.05) is 39.3 Å². The molecule has 5 nitrogen and oxygen atoms in total. The van der Waals surface area contributed by atoms with Gasteiger partial charge >= 0.3 is 0 Å². The molecule has 1 atom stereocenters. The fourth-order valence-corrected chi connectivity index (χ4v) is 4.03. The lowest BCUT2D eigenvalue weighted by Gasteiger charge is -2.34. The van der Waals surface area contributed by atoms with Crippen LogP contribution in [-0.4, -0.2) is 65.7 Å². The summed E-state index contributed by atoms with van der Waals surface area (Å²) in [5.74, 6) is -0.707. The molecule has 4 rings (SSSR count). The Hall–Kier alpha value is -2.64. The molecule has 0 radical (unpaired) electrons. The number of nitrogens with zero attached hydrogens (tertiary/aromatic N) is 4. The van der Waals surface area contributed by atoms with Crippen molar-refractivity contribution in [3.63, 3.8) is 0 Å². The number of likely N-dealkylation sites (N-methyl/N-ethyl adjacent to an activating group) is 1. The number of benzene rings is 2. The van der Waals surface area contributed by atoms with Crippen LogP contribution in [0.4, 0.5) is 8.78 Å². The second kappa shape index (κ2) is 9.02. The van der Waals surface area contributed by atoms with Gasteiger partial charge in [-0.05, 0) is 41.9 Å². The number of amides is 1. The first-order valence-electron chi connectivity index (χ1n) is 10.4. The highest BCUT2D eigenvalue weighted by molar-refractivity contribution is 6.03. The first-order chi connectivity index (χ1) is 14.5. The molecule has 0 aromatic heterocycles. The molecule has 2 aliphatic rings. The summed E-state index contributed by atoms with van der Waals surface area (Å²) in [7, 11) is 0. The topological polar surface area (TPSA) is 39.1 Å². The number of hydrogen-bond acceptors (Lipinski definition) is 4. The molecule has 1 saturated heterocycles. The Morgan fingerprint density at radius 3 is 2.10 bits per heavy atom. The Morgan fingerprint density at radius 1 is 0.933 bits per heavy atom. The van der Waals surface area contributed by atoms with E-state index in [0.717, 1.165) is 49.6 Å². The number of piperazine rings is 1. The Labute approximate surface area is 175 Å². The average Bonchev–Trinajstić information content (AvgIpc) is 3.21. The Bertz CT molecular complexity index is 906. The van der Waals surface area contributed by atoms with Gasteiger partial charge in [0.25, 0.3) is 5.91 Å². The summed E-state index contributed by atoms with van der Waals surface area (Å²) in [6.45, 7) is 7.07. The number of carbonyl (C=O) groups excluding carboxylic acids is 1. The molecule has 2 heterocycles. The van der Waals surface area contributed by atoms with Gasteiger partial charge in [-0.1, -0.05) is 31.2 Å². The van der Waals surface area contributed by atoms with Crippen molar-refractivity contribution in [3.05, 3.63) is 71.3 Å². The van der Waals surface area contributed by atoms with Crippen molar-refractivity contribution in [3.8, 4) is 0 Å². The Balaban J connectivity index is 1.54. The van der Waals surface area contributed by atoms with Crippen LogP contribution in [0.25, 0.3) is 0 Å². The quantitative estimate of drug-likeness (QED) is 0.757. The van der Waals surface area contributed by atoms with E-state index in [-0.39, 0.29) is 23.6 Å². The zero-order valence-electron chi connectivity index (χ0n) is 17.1. The van der Waals surface area contributed by atoms with Crippen LogP contribution < -0.4 is 0 Å². The molecular weight excluding hydrogens is 386 g/mol. The molecule has 158 valence electrons. The molecule has 7 heteroatoms. The third-order valence-corrected chi connectivity index (χ3v) is 5.87. The lowest BCUT2D eigenvalue weighted by Crippen LogP contribution is -2.49. The number of halogens is 2. The predicted molar refractivity (Wildman–Crippen MR) is 112 cm³/mol. The van der Waals surface area contributed by atoms with Crippen LogP contribution in [0.2, 0.25) is 0 Å². The van der Waals surface area contributed by atoms with Crippen LogP contribution in [0, 0.1) is 11.6 Å². The molecule has 0 unspecified atom stereocenters. The average molecular weight is 412 g/mol. The monoisotopic (exact) mass is 412 g/mol. The highest BCUT2D eigenvalue weighted by Gasteiger charge is 2.34. The van der Waals surface area contributed by atoms with Crippen LogP contribution in [0.1, 0.15) is 30.5 Å². The number of carbonyl (C=O) groups is 1. The third kappa shape index (κ3) is 4.57. The summed E-state index contributed by atoms with van der Waals surface area (Å²) in [5, 5.41) is 6.14. The number of hydrazone groups is 1. The van der Waals surface area contributed by atoms with Crippen LogP contribution in [-0.2, 0) is 4.79 Å². The van der Waals surface area contributed by atoms with Gasteiger partial charge < -0.3 is 4.90 Å². The van der Waals surface area contributed by atoms with Crippen molar-refractivity contribution in [1.29, 1.82) is 0 Å². The van der Waals surface area contributed by atoms with Crippen LogP contribution >= 0.6 is 0 Å². The molecule has 1 fully saturated rings. The molecule has 2 aromatic carbocycles. The third-order valence-electron chi connectivity index (χ3n) is 5.87. The maximum Gasteiger partial charge on any atom is 0.257 e. The van der Waals surface area contributed by atoms with Gasteiger partial charge in [0.2, 0.25) is 0 Å². The van der Waals surface area contributed by atoms with Crippen LogP contribution in [0.3, 0.4) is 0 Å². The van der Waals surface area contributed by atoms with E-state index in [4.69, 9.17) is 0 Å². The van der Waals surface area contributed by atoms with E-state index in [9.17, 15) is 13.6 Å². The van der Waals surface area contributed by atoms with E-state index in [0.29, 0.717) is 13.0 Å². The lowest BCUT2D eigenvalue weighted by atomic mass is 9.98. The van der Waals surface area contributed by atoms with Crippen molar-refractivity contribution in [1.82, 2.24) is 14.8 Å². The molecule has 30 heavy (non-hydrogen) atoms. The molecule has 0 spiro atoms. The molecule has 0 N–H and O–H groups in total. The predicted octanol–water partition coefficient (Wildman–Crippen LogP) is 3.28. The Morgan fingerprint density at radius 2 is 1.50 bits per heavy atom. The number of hydrogen-bond donors (Lipinski definition) is 0. The van der Waals surface area contributed by atoms with Gasteiger partial charge in [-0.3, -0.25) is 9.69 Å². The van der Waals surface area contributed by atoms with Crippen molar-refractivity contribution in [2.45, 2.75) is 19.4 Å². The highest BCUT2D eigenvalue weighted by Crippen LogP contribution is 2.33. The summed E-state index contributed by atoms with van der Waals surface area (Å²) in [5.41, 5.74) is 2.35. The van der Waals surface area contributed by atoms with Gasteiger partial charge in [0.1, 0.15) is 11.6 Å². The molecule has 0 bridgehead atoms. The molecular formula is C23H26F2N4O. The van der Waals surface area contributed by atoms with Crippen molar-refractivity contribution in [2.24, 2.45) is 5.10 Å². The van der Waals surface area contributed by atoms with E-state index in [1.165, 1.54) is 29.3 Å². The Kier molecular flexibility index (Phi) is 6.20.